The van der Waals surface area contributed by atoms with Crippen molar-refractivity contribution in [3.05, 3.63) is 29.6 Å². The van der Waals surface area contributed by atoms with E-state index in [1.165, 1.54) is 16.5 Å². The van der Waals surface area contributed by atoms with Crippen LogP contribution in [0.2, 0.25) is 0 Å². The van der Waals surface area contributed by atoms with Crippen molar-refractivity contribution >= 4 is 11.0 Å². The molecule has 0 aromatic carbocycles. The van der Waals surface area contributed by atoms with Crippen LogP contribution in [0.1, 0.15) is 30.9 Å². The van der Waals surface area contributed by atoms with E-state index in [4.69, 9.17) is 4.74 Å². The largest absolute Gasteiger partial charge is 0.381 e. The zero-order valence-electron chi connectivity index (χ0n) is 10.2. The molecule has 2 atom stereocenters. The summed E-state index contributed by atoms with van der Waals surface area (Å²) >= 11 is 0. The zero-order chi connectivity index (χ0) is 11.7. The number of fused-ring (bicyclic) bond motifs is 1. The molecule has 3 heteroatoms. The summed E-state index contributed by atoms with van der Waals surface area (Å²) in [7, 11) is 1.75. The number of hydrogen-bond acceptors (Lipinski definition) is 2. The molecule has 0 aliphatic carbocycles. The van der Waals surface area contributed by atoms with Gasteiger partial charge in [0.1, 0.15) is 5.65 Å². The number of aromatic nitrogens is 2. The number of nitrogens with zero attached hydrogens (tertiary/aromatic N) is 1. The summed E-state index contributed by atoms with van der Waals surface area (Å²) < 4.78 is 5.38. The maximum atomic E-state index is 5.38. The molecule has 86 valence electrons. The average molecular weight is 218 g/mol. The lowest BCUT2D eigenvalue weighted by molar-refractivity contribution is 0.0994. The second kappa shape index (κ2) is 4.26. The van der Waals surface area contributed by atoms with E-state index >= 15 is 0 Å². The Labute approximate surface area is 95.8 Å². The molecule has 0 fully saturated rings. The minimum atomic E-state index is 0.208. The number of methoxy groups -OCH3 is 1. The SMILES string of the molecule is COC(C)C(C)c1c[nH]c2ncc(C)cc12. The molecule has 0 amide bonds. The van der Waals surface area contributed by atoms with Crippen LogP contribution in [0.25, 0.3) is 11.0 Å². The van der Waals surface area contributed by atoms with Crippen LogP contribution in [-0.2, 0) is 4.74 Å². The summed E-state index contributed by atoms with van der Waals surface area (Å²) in [5, 5.41) is 1.20. The van der Waals surface area contributed by atoms with Crippen LogP contribution < -0.4 is 0 Å². The fourth-order valence-electron chi connectivity index (χ4n) is 1.96. The van der Waals surface area contributed by atoms with Gasteiger partial charge in [0.05, 0.1) is 6.10 Å². The lowest BCUT2D eigenvalue weighted by Gasteiger charge is -2.17. The Morgan fingerprint density at radius 3 is 2.81 bits per heavy atom. The third-order valence-electron chi connectivity index (χ3n) is 3.27. The molecule has 1 N–H and O–H groups in total. The van der Waals surface area contributed by atoms with Crippen LogP contribution in [0.5, 0.6) is 0 Å². The fourth-order valence-corrected chi connectivity index (χ4v) is 1.96. The molecule has 3 nitrogen and oxygen atoms in total. The highest BCUT2D eigenvalue weighted by Gasteiger charge is 2.17. The van der Waals surface area contributed by atoms with E-state index < -0.39 is 0 Å². The van der Waals surface area contributed by atoms with Gasteiger partial charge in [-0.2, -0.15) is 0 Å². The van der Waals surface area contributed by atoms with E-state index in [9.17, 15) is 0 Å². The van der Waals surface area contributed by atoms with E-state index in [2.05, 4.69) is 36.8 Å². The predicted octanol–water partition coefficient (Wildman–Crippen LogP) is 3.01. The Balaban J connectivity index is 2.48. The van der Waals surface area contributed by atoms with Crippen LogP contribution in [0.4, 0.5) is 0 Å². The smallest absolute Gasteiger partial charge is 0.137 e. The standard InChI is InChI=1S/C13H18N2O/c1-8-5-11-12(9(2)10(3)16-4)7-15-13(11)14-6-8/h5-7,9-10H,1-4H3,(H,14,15). The number of ether oxygens (including phenoxy) is 1. The van der Waals surface area contributed by atoms with Crippen molar-refractivity contribution in [2.75, 3.05) is 7.11 Å². The number of aryl methyl sites for hydroxylation is 1. The minimum Gasteiger partial charge on any atom is -0.381 e. The van der Waals surface area contributed by atoms with Gasteiger partial charge >= 0.3 is 0 Å². The third-order valence-corrected chi connectivity index (χ3v) is 3.27. The Kier molecular flexibility index (Phi) is 2.97. The monoisotopic (exact) mass is 218 g/mol. The van der Waals surface area contributed by atoms with Crippen molar-refractivity contribution in [2.24, 2.45) is 0 Å². The van der Waals surface area contributed by atoms with Crippen molar-refractivity contribution in [1.82, 2.24) is 9.97 Å². The highest BCUT2D eigenvalue weighted by atomic mass is 16.5. The van der Waals surface area contributed by atoms with E-state index in [-0.39, 0.29) is 6.10 Å². The Morgan fingerprint density at radius 1 is 1.38 bits per heavy atom. The van der Waals surface area contributed by atoms with E-state index in [1.807, 2.05) is 12.4 Å². The fraction of sp³-hybridized carbons (Fsp3) is 0.462. The third kappa shape index (κ3) is 1.83. The first-order valence-electron chi connectivity index (χ1n) is 5.60. The summed E-state index contributed by atoms with van der Waals surface area (Å²) in [6.45, 7) is 6.33. The average Bonchev–Trinajstić information content (AvgIpc) is 2.69. The molecule has 2 heterocycles. The van der Waals surface area contributed by atoms with Crippen molar-refractivity contribution in [3.8, 4) is 0 Å². The first-order valence-corrected chi connectivity index (χ1v) is 5.60. The first kappa shape index (κ1) is 11.1. The molecule has 16 heavy (non-hydrogen) atoms. The van der Waals surface area contributed by atoms with Crippen molar-refractivity contribution < 1.29 is 4.74 Å². The quantitative estimate of drug-likeness (QED) is 0.860. The van der Waals surface area contributed by atoms with Gasteiger partial charge in [-0.25, -0.2) is 4.98 Å². The number of aromatic amines is 1. The molecule has 0 bridgehead atoms. The molecule has 0 saturated heterocycles. The van der Waals surface area contributed by atoms with Gasteiger partial charge in [0.2, 0.25) is 0 Å². The predicted molar refractivity (Wildman–Crippen MR) is 65.7 cm³/mol. The number of H-pyrrole nitrogens is 1. The highest BCUT2D eigenvalue weighted by Crippen LogP contribution is 2.28. The van der Waals surface area contributed by atoms with Gasteiger partial charge in [-0.15, -0.1) is 0 Å². The van der Waals surface area contributed by atoms with Gasteiger partial charge in [0, 0.05) is 30.8 Å². The molecular weight excluding hydrogens is 200 g/mol. The van der Waals surface area contributed by atoms with Gasteiger partial charge in [0.25, 0.3) is 0 Å². The van der Waals surface area contributed by atoms with Gasteiger partial charge < -0.3 is 9.72 Å². The van der Waals surface area contributed by atoms with Crippen molar-refractivity contribution in [1.29, 1.82) is 0 Å². The summed E-state index contributed by atoms with van der Waals surface area (Å²) in [6.07, 6.45) is 4.13. The van der Waals surface area contributed by atoms with Crippen LogP contribution >= 0.6 is 0 Å². The molecule has 0 aliphatic heterocycles. The second-order valence-corrected chi connectivity index (χ2v) is 4.38. The summed E-state index contributed by atoms with van der Waals surface area (Å²) in [5.74, 6) is 0.363. The molecule has 0 aliphatic rings. The number of rotatable bonds is 3. The number of hydrogen-bond donors (Lipinski definition) is 1. The van der Waals surface area contributed by atoms with Gasteiger partial charge in [-0.3, -0.25) is 0 Å². The molecule has 0 radical (unpaired) electrons. The Hall–Kier alpha value is -1.35. The molecule has 2 rings (SSSR count). The molecule has 0 saturated carbocycles. The maximum absolute atomic E-state index is 5.38. The summed E-state index contributed by atoms with van der Waals surface area (Å²) in [4.78, 5) is 7.58. The van der Waals surface area contributed by atoms with Crippen LogP contribution in [-0.4, -0.2) is 23.2 Å². The first-order chi connectivity index (χ1) is 7.63. The van der Waals surface area contributed by atoms with Gasteiger partial charge in [-0.05, 0) is 31.0 Å². The molecule has 2 aromatic heterocycles. The maximum Gasteiger partial charge on any atom is 0.137 e. The Bertz CT molecular complexity index is 490. The van der Waals surface area contributed by atoms with Crippen molar-refractivity contribution in [2.45, 2.75) is 32.8 Å². The highest BCUT2D eigenvalue weighted by molar-refractivity contribution is 5.80. The van der Waals surface area contributed by atoms with Crippen molar-refractivity contribution in [3.63, 3.8) is 0 Å². The minimum absolute atomic E-state index is 0.208. The van der Waals surface area contributed by atoms with Crippen LogP contribution in [0, 0.1) is 6.92 Å². The van der Waals surface area contributed by atoms with Crippen LogP contribution in [0.15, 0.2) is 18.5 Å². The van der Waals surface area contributed by atoms with E-state index in [1.54, 1.807) is 7.11 Å². The number of pyridine rings is 1. The normalized spacial score (nSPS) is 15.2. The van der Waals surface area contributed by atoms with Gasteiger partial charge in [0.15, 0.2) is 0 Å². The second-order valence-electron chi connectivity index (χ2n) is 4.38. The molecule has 2 unspecified atom stereocenters. The summed E-state index contributed by atoms with van der Waals surface area (Å²) in [6, 6.07) is 2.17. The topological polar surface area (TPSA) is 37.9 Å². The Morgan fingerprint density at radius 2 is 2.12 bits per heavy atom. The lowest BCUT2D eigenvalue weighted by Crippen LogP contribution is -2.13. The number of nitrogens with one attached hydrogen (secondary N) is 1. The molecule has 0 spiro atoms. The zero-order valence-corrected chi connectivity index (χ0v) is 10.2. The van der Waals surface area contributed by atoms with Crippen LogP contribution in [0.3, 0.4) is 0 Å². The van der Waals surface area contributed by atoms with E-state index in [0.717, 1.165) is 5.65 Å². The molecule has 2 aromatic rings. The summed E-state index contributed by atoms with van der Waals surface area (Å²) in [5.41, 5.74) is 3.42. The lowest BCUT2D eigenvalue weighted by atomic mass is 9.96. The van der Waals surface area contributed by atoms with Gasteiger partial charge in [-0.1, -0.05) is 6.92 Å². The molecular formula is C13H18N2O. The van der Waals surface area contributed by atoms with E-state index in [0.29, 0.717) is 5.92 Å².